The molecule has 0 saturated carbocycles. The zero-order valence-corrected chi connectivity index (χ0v) is 13.0. The first-order chi connectivity index (χ1) is 8.35. The summed E-state index contributed by atoms with van der Waals surface area (Å²) in [7, 11) is 3.08. The predicted molar refractivity (Wildman–Crippen MR) is 72.3 cm³/mol. The number of allylic oxidation sites excluding steroid dienone is 1. The van der Waals surface area contributed by atoms with Crippen LogP contribution in [0.4, 0.5) is 0 Å². The molecule has 5 nitrogen and oxygen atoms in total. The number of hydrogen-bond acceptors (Lipinski definition) is 5. The number of methoxy groups -OCH3 is 2. The molecule has 102 valence electrons. The third kappa shape index (κ3) is 2.14. The van der Waals surface area contributed by atoms with E-state index in [0.717, 1.165) is 0 Å². The van der Waals surface area contributed by atoms with E-state index in [4.69, 9.17) is 18.9 Å². The predicted octanol–water partition coefficient (Wildman–Crippen LogP) is 1.79. The number of halogens is 1. The highest BCUT2D eigenvalue weighted by Gasteiger charge is 2.57. The lowest BCUT2D eigenvalue weighted by molar-refractivity contribution is -0.442. The summed E-state index contributed by atoms with van der Waals surface area (Å²) in [5.41, 5.74) is 0. The first kappa shape index (κ1) is 14.4. The Kier molecular flexibility index (Phi) is 3.86. The van der Waals surface area contributed by atoms with Crippen LogP contribution in [0.2, 0.25) is 0 Å². The van der Waals surface area contributed by atoms with Crippen LogP contribution in [-0.4, -0.2) is 43.8 Å². The SMILES string of the molecule is CO[C@@]1(C)O[C@@H]2C=C(I)C(=O)C[C@H]2O[C@]1(C)OC. The quantitative estimate of drug-likeness (QED) is 0.696. The Bertz CT molecular complexity index is 396. The molecule has 0 N–H and O–H groups in total. The fraction of sp³-hybridized carbons (Fsp3) is 0.750. The van der Waals surface area contributed by atoms with E-state index in [1.54, 1.807) is 27.0 Å². The molecule has 1 aliphatic carbocycles. The van der Waals surface area contributed by atoms with Crippen LogP contribution in [0.3, 0.4) is 0 Å². The summed E-state index contributed by atoms with van der Waals surface area (Å²) in [6, 6.07) is 0. The summed E-state index contributed by atoms with van der Waals surface area (Å²) in [5, 5.41) is 0. The van der Waals surface area contributed by atoms with E-state index in [9.17, 15) is 4.79 Å². The molecule has 1 saturated heterocycles. The summed E-state index contributed by atoms with van der Waals surface area (Å²) < 4.78 is 23.3. The standard InChI is InChI=1S/C12H17IO5/c1-11(15-3)12(2,16-4)18-10-6-8(14)7(13)5-9(10)17-11/h5,9-10H,6H2,1-4H3/t9-,10-,11+,12+/m1/s1. The molecular formula is C12H17IO5. The number of carbonyl (C=O) groups excluding carboxylic acids is 1. The van der Waals surface area contributed by atoms with Gasteiger partial charge in [0, 0.05) is 20.6 Å². The lowest BCUT2D eigenvalue weighted by Gasteiger charge is -2.52. The van der Waals surface area contributed by atoms with Crippen molar-refractivity contribution in [1.82, 2.24) is 0 Å². The smallest absolute Gasteiger partial charge is 0.220 e. The van der Waals surface area contributed by atoms with Crippen molar-refractivity contribution in [3.63, 3.8) is 0 Å². The number of Topliss-reactive ketones (excluding diaryl/α,β-unsaturated/α-hetero) is 1. The van der Waals surface area contributed by atoms with Crippen molar-refractivity contribution >= 4 is 28.4 Å². The summed E-state index contributed by atoms with van der Waals surface area (Å²) in [4.78, 5) is 11.7. The van der Waals surface area contributed by atoms with Gasteiger partial charge in [0.15, 0.2) is 5.78 Å². The molecule has 1 aliphatic heterocycles. The molecule has 2 rings (SSSR count). The fourth-order valence-corrected chi connectivity index (χ4v) is 2.76. The van der Waals surface area contributed by atoms with E-state index in [1.807, 2.05) is 22.6 Å². The average Bonchev–Trinajstić information content (AvgIpc) is 2.33. The Hall–Kier alpha value is -0.0200. The molecule has 0 radical (unpaired) electrons. The molecule has 0 aromatic rings. The maximum atomic E-state index is 11.7. The number of hydrogen-bond donors (Lipinski definition) is 0. The minimum Gasteiger partial charge on any atom is -0.349 e. The highest BCUT2D eigenvalue weighted by atomic mass is 127. The van der Waals surface area contributed by atoms with Crippen LogP contribution < -0.4 is 0 Å². The molecule has 1 fully saturated rings. The van der Waals surface area contributed by atoms with Crippen molar-refractivity contribution in [1.29, 1.82) is 0 Å². The van der Waals surface area contributed by atoms with Crippen molar-refractivity contribution in [2.45, 2.75) is 44.1 Å². The maximum absolute atomic E-state index is 11.7. The molecular weight excluding hydrogens is 351 g/mol. The van der Waals surface area contributed by atoms with Gasteiger partial charge in [0.25, 0.3) is 0 Å². The van der Waals surface area contributed by atoms with Crippen molar-refractivity contribution in [2.24, 2.45) is 0 Å². The van der Waals surface area contributed by atoms with E-state index in [-0.39, 0.29) is 18.0 Å². The number of rotatable bonds is 2. The monoisotopic (exact) mass is 368 g/mol. The van der Waals surface area contributed by atoms with Gasteiger partial charge in [-0.1, -0.05) is 0 Å². The Balaban J connectivity index is 2.32. The van der Waals surface area contributed by atoms with Crippen LogP contribution in [0.5, 0.6) is 0 Å². The molecule has 1 heterocycles. The van der Waals surface area contributed by atoms with Crippen molar-refractivity contribution in [3.8, 4) is 0 Å². The molecule has 0 amide bonds. The van der Waals surface area contributed by atoms with E-state index in [0.29, 0.717) is 10.0 Å². The second kappa shape index (κ2) is 4.82. The van der Waals surface area contributed by atoms with E-state index in [2.05, 4.69) is 0 Å². The first-order valence-electron chi connectivity index (χ1n) is 5.71. The van der Waals surface area contributed by atoms with Gasteiger partial charge in [-0.2, -0.15) is 0 Å². The number of carbonyl (C=O) groups is 1. The molecule has 0 bridgehead atoms. The van der Waals surface area contributed by atoms with Crippen LogP contribution in [0, 0.1) is 0 Å². The van der Waals surface area contributed by atoms with Crippen LogP contribution in [-0.2, 0) is 23.7 Å². The zero-order valence-electron chi connectivity index (χ0n) is 10.9. The summed E-state index contributed by atoms with van der Waals surface area (Å²) in [6.07, 6.45) is 1.47. The molecule has 0 unspecified atom stereocenters. The third-order valence-corrected chi connectivity index (χ3v) is 4.63. The fourth-order valence-electron chi connectivity index (χ4n) is 2.19. The highest BCUT2D eigenvalue weighted by molar-refractivity contribution is 14.1. The zero-order chi connectivity index (χ0) is 13.6. The Morgan fingerprint density at radius 3 is 2.39 bits per heavy atom. The molecule has 0 spiro atoms. The lowest BCUT2D eigenvalue weighted by Crippen LogP contribution is -2.65. The van der Waals surface area contributed by atoms with Gasteiger partial charge in [0.05, 0.1) is 9.68 Å². The summed E-state index contributed by atoms with van der Waals surface area (Å²) in [5.74, 6) is -1.99. The average molecular weight is 368 g/mol. The minimum absolute atomic E-state index is 0.0694. The van der Waals surface area contributed by atoms with Gasteiger partial charge in [-0.05, 0) is 42.5 Å². The van der Waals surface area contributed by atoms with Gasteiger partial charge < -0.3 is 18.9 Å². The number of ketones is 1. The van der Waals surface area contributed by atoms with Crippen molar-refractivity contribution < 1.29 is 23.7 Å². The molecule has 0 aromatic carbocycles. The number of fused-ring (bicyclic) bond motifs is 1. The Morgan fingerprint density at radius 2 is 1.83 bits per heavy atom. The summed E-state index contributed by atoms with van der Waals surface area (Å²) in [6.45, 7) is 3.52. The van der Waals surface area contributed by atoms with E-state index in [1.165, 1.54) is 7.11 Å². The topological polar surface area (TPSA) is 54.0 Å². The second-order valence-electron chi connectivity index (χ2n) is 4.68. The largest absolute Gasteiger partial charge is 0.349 e. The molecule has 0 aromatic heterocycles. The second-order valence-corrected chi connectivity index (χ2v) is 5.84. The van der Waals surface area contributed by atoms with Gasteiger partial charge in [0.1, 0.15) is 6.10 Å². The molecule has 4 atom stereocenters. The number of ether oxygens (including phenoxy) is 4. The van der Waals surface area contributed by atoms with Crippen LogP contribution in [0.15, 0.2) is 9.66 Å². The lowest BCUT2D eigenvalue weighted by atomic mass is 9.96. The molecule has 18 heavy (non-hydrogen) atoms. The van der Waals surface area contributed by atoms with Crippen LogP contribution >= 0.6 is 22.6 Å². The van der Waals surface area contributed by atoms with Crippen molar-refractivity contribution in [3.05, 3.63) is 9.66 Å². The van der Waals surface area contributed by atoms with Crippen LogP contribution in [0.25, 0.3) is 0 Å². The molecule has 6 heteroatoms. The van der Waals surface area contributed by atoms with Gasteiger partial charge in [-0.15, -0.1) is 0 Å². The normalized spacial score (nSPS) is 44.5. The van der Waals surface area contributed by atoms with Gasteiger partial charge in [-0.25, -0.2) is 0 Å². The van der Waals surface area contributed by atoms with Gasteiger partial charge in [-0.3, -0.25) is 4.79 Å². The molecule has 2 aliphatic rings. The van der Waals surface area contributed by atoms with Gasteiger partial charge in [0.2, 0.25) is 11.6 Å². The minimum atomic E-state index is -1.04. The van der Waals surface area contributed by atoms with E-state index >= 15 is 0 Å². The third-order valence-electron chi connectivity index (χ3n) is 3.67. The first-order valence-corrected chi connectivity index (χ1v) is 6.79. The van der Waals surface area contributed by atoms with E-state index < -0.39 is 11.6 Å². The van der Waals surface area contributed by atoms with Crippen LogP contribution in [0.1, 0.15) is 20.3 Å². The summed E-state index contributed by atoms with van der Waals surface area (Å²) >= 11 is 2.02. The Morgan fingerprint density at radius 1 is 1.28 bits per heavy atom. The maximum Gasteiger partial charge on any atom is 0.220 e. The highest BCUT2D eigenvalue weighted by Crippen LogP contribution is 2.42. The Labute approximate surface area is 120 Å². The van der Waals surface area contributed by atoms with Gasteiger partial charge >= 0.3 is 0 Å². The van der Waals surface area contributed by atoms with Crippen molar-refractivity contribution in [2.75, 3.05) is 14.2 Å².